The Labute approximate surface area is 238 Å². The average Bonchev–Trinajstić information content (AvgIpc) is 3.37. The second-order valence-corrected chi connectivity index (χ2v) is 11.1. The molecule has 5 aromatic rings. The molecule has 0 amide bonds. The lowest BCUT2D eigenvalue weighted by molar-refractivity contribution is 0.0695. The summed E-state index contributed by atoms with van der Waals surface area (Å²) in [5, 5.41) is 9.65. The molecule has 1 N–H and O–H groups in total. The highest BCUT2D eigenvalue weighted by Crippen LogP contribution is 2.29. The average molecular weight is 569 g/mol. The third kappa shape index (κ3) is 6.31. The van der Waals surface area contributed by atoms with Gasteiger partial charge in [0, 0.05) is 12.0 Å². The van der Waals surface area contributed by atoms with Crippen molar-refractivity contribution in [2.45, 2.75) is 24.8 Å². The van der Waals surface area contributed by atoms with Gasteiger partial charge in [0.25, 0.3) is 10.0 Å². The van der Waals surface area contributed by atoms with Crippen molar-refractivity contribution in [1.82, 2.24) is 4.98 Å². The van der Waals surface area contributed by atoms with Crippen LogP contribution in [0.25, 0.3) is 11.5 Å². The van der Waals surface area contributed by atoms with Crippen LogP contribution in [-0.2, 0) is 23.0 Å². The zero-order chi connectivity index (χ0) is 28.8. The lowest BCUT2D eigenvalue weighted by atomic mass is 10.1. The summed E-state index contributed by atoms with van der Waals surface area (Å²) in [7, 11) is -4.01. The fraction of sp³-hybridized carbons (Fsp3) is 0.125. The van der Waals surface area contributed by atoms with Crippen molar-refractivity contribution >= 4 is 21.7 Å². The molecule has 4 aromatic carbocycles. The smallest absolute Gasteiger partial charge is 0.336 e. The Hall–Kier alpha value is -4.89. The second-order valence-electron chi connectivity index (χ2n) is 9.27. The van der Waals surface area contributed by atoms with Crippen LogP contribution in [-0.4, -0.2) is 31.1 Å². The van der Waals surface area contributed by atoms with Gasteiger partial charge < -0.3 is 14.3 Å². The lowest BCUT2D eigenvalue weighted by Gasteiger charge is -2.25. The van der Waals surface area contributed by atoms with Crippen LogP contribution in [0.2, 0.25) is 0 Å². The number of aryl methyl sites for hydroxylation is 1. The molecule has 0 unspecified atom stereocenters. The summed E-state index contributed by atoms with van der Waals surface area (Å²) in [6.07, 6.45) is 0.532. The molecule has 0 saturated carbocycles. The van der Waals surface area contributed by atoms with Crippen LogP contribution in [0.15, 0.2) is 119 Å². The number of carboxylic acid groups (broad SMARTS) is 1. The predicted molar refractivity (Wildman–Crippen MR) is 156 cm³/mol. The fourth-order valence-electron chi connectivity index (χ4n) is 4.39. The molecule has 1 heterocycles. The number of rotatable bonds is 11. The minimum Gasteiger partial charge on any atom is -0.493 e. The molecule has 0 aliphatic rings. The summed E-state index contributed by atoms with van der Waals surface area (Å²) in [6, 6.07) is 30.8. The zero-order valence-electron chi connectivity index (χ0n) is 22.3. The molecule has 5 rings (SSSR count). The molecule has 0 bridgehead atoms. The Balaban J connectivity index is 1.34. The quantitative estimate of drug-likeness (QED) is 0.197. The van der Waals surface area contributed by atoms with E-state index < -0.39 is 16.0 Å². The van der Waals surface area contributed by atoms with Crippen molar-refractivity contribution in [3.05, 3.63) is 132 Å². The maximum Gasteiger partial charge on any atom is 0.336 e. The van der Waals surface area contributed by atoms with E-state index in [1.807, 2.05) is 37.3 Å². The van der Waals surface area contributed by atoms with E-state index in [0.29, 0.717) is 35.9 Å². The minimum absolute atomic E-state index is 0.0410. The molecule has 208 valence electrons. The van der Waals surface area contributed by atoms with Crippen LogP contribution in [0.4, 0.5) is 5.69 Å². The van der Waals surface area contributed by atoms with Gasteiger partial charge in [-0.1, -0.05) is 54.6 Å². The second kappa shape index (κ2) is 12.1. The number of oxazole rings is 1. The topological polar surface area (TPSA) is 110 Å². The van der Waals surface area contributed by atoms with Gasteiger partial charge in [-0.25, -0.2) is 18.2 Å². The maximum absolute atomic E-state index is 13.7. The van der Waals surface area contributed by atoms with Gasteiger partial charge in [-0.05, 0) is 67.1 Å². The van der Waals surface area contributed by atoms with Crippen molar-refractivity contribution in [1.29, 1.82) is 0 Å². The van der Waals surface area contributed by atoms with Crippen LogP contribution < -0.4 is 9.04 Å². The third-order valence-electron chi connectivity index (χ3n) is 6.54. The Morgan fingerprint density at radius 2 is 1.51 bits per heavy atom. The number of ether oxygens (including phenoxy) is 1. The molecule has 41 heavy (non-hydrogen) atoms. The summed E-state index contributed by atoms with van der Waals surface area (Å²) in [5.41, 5.74) is 2.50. The van der Waals surface area contributed by atoms with Crippen LogP contribution >= 0.6 is 0 Å². The number of anilines is 1. The molecule has 0 aliphatic carbocycles. The van der Waals surface area contributed by atoms with Gasteiger partial charge in [-0.15, -0.1) is 0 Å². The van der Waals surface area contributed by atoms with Gasteiger partial charge in [0.1, 0.15) is 11.5 Å². The Morgan fingerprint density at radius 3 is 2.20 bits per heavy atom. The molecule has 9 heteroatoms. The number of aromatic carboxylic acids is 1. The number of benzene rings is 4. The SMILES string of the molecule is Cc1oc(-c2ccccc2)nc1CCOc1ccc(N(Cc2ccccc2C(=O)O)S(=O)(=O)c2ccccc2)cc1. The highest BCUT2D eigenvalue weighted by molar-refractivity contribution is 7.92. The van der Waals surface area contributed by atoms with Crippen molar-refractivity contribution in [3.8, 4) is 17.2 Å². The van der Waals surface area contributed by atoms with Crippen LogP contribution in [0.5, 0.6) is 5.75 Å². The monoisotopic (exact) mass is 568 g/mol. The van der Waals surface area contributed by atoms with Gasteiger partial charge in [0.15, 0.2) is 0 Å². The summed E-state index contributed by atoms with van der Waals surface area (Å²) < 4.78 is 40.4. The largest absolute Gasteiger partial charge is 0.493 e. The normalized spacial score (nSPS) is 11.2. The van der Waals surface area contributed by atoms with Crippen molar-refractivity contribution in [2.75, 3.05) is 10.9 Å². The Morgan fingerprint density at radius 1 is 0.878 bits per heavy atom. The number of aromatic nitrogens is 1. The number of hydrogen-bond acceptors (Lipinski definition) is 6. The number of nitrogens with zero attached hydrogens (tertiary/aromatic N) is 2. The molecular weight excluding hydrogens is 540 g/mol. The zero-order valence-corrected chi connectivity index (χ0v) is 23.1. The maximum atomic E-state index is 13.7. The first-order valence-electron chi connectivity index (χ1n) is 13.0. The summed E-state index contributed by atoms with van der Waals surface area (Å²) >= 11 is 0. The molecule has 0 spiro atoms. The molecule has 0 fully saturated rings. The third-order valence-corrected chi connectivity index (χ3v) is 8.33. The van der Waals surface area contributed by atoms with Gasteiger partial charge in [-0.3, -0.25) is 4.31 Å². The first-order valence-corrected chi connectivity index (χ1v) is 14.4. The molecule has 0 atom stereocenters. The van der Waals surface area contributed by atoms with E-state index in [1.165, 1.54) is 22.5 Å². The molecule has 0 aliphatic heterocycles. The Kier molecular flexibility index (Phi) is 8.16. The van der Waals surface area contributed by atoms with Gasteiger partial charge in [0.05, 0.1) is 35.0 Å². The van der Waals surface area contributed by atoms with Crippen molar-refractivity contribution in [2.24, 2.45) is 0 Å². The predicted octanol–water partition coefficient (Wildman–Crippen LogP) is 6.37. The number of carboxylic acids is 1. The lowest BCUT2D eigenvalue weighted by Crippen LogP contribution is -2.31. The summed E-state index contributed by atoms with van der Waals surface area (Å²) in [5.74, 6) is 0.721. The molecule has 0 saturated heterocycles. The molecule has 1 aromatic heterocycles. The number of hydrogen-bond donors (Lipinski definition) is 1. The van der Waals surface area contributed by atoms with Crippen molar-refractivity contribution < 1.29 is 27.5 Å². The van der Waals surface area contributed by atoms with E-state index in [-0.39, 0.29) is 17.0 Å². The molecular formula is C32H28N2O6S. The van der Waals surface area contributed by atoms with Crippen LogP contribution in [0.1, 0.15) is 27.4 Å². The minimum atomic E-state index is -4.01. The van der Waals surface area contributed by atoms with E-state index >= 15 is 0 Å². The van der Waals surface area contributed by atoms with Gasteiger partial charge in [0.2, 0.25) is 5.89 Å². The van der Waals surface area contributed by atoms with Crippen molar-refractivity contribution in [3.63, 3.8) is 0 Å². The Bertz CT molecular complexity index is 1730. The molecule has 8 nitrogen and oxygen atoms in total. The van der Waals surface area contributed by atoms with Crippen LogP contribution in [0, 0.1) is 6.92 Å². The first kappa shape index (κ1) is 27.7. The van der Waals surface area contributed by atoms with E-state index in [1.54, 1.807) is 60.7 Å². The fourth-order valence-corrected chi connectivity index (χ4v) is 5.86. The van der Waals surface area contributed by atoms with Gasteiger partial charge >= 0.3 is 5.97 Å². The van der Waals surface area contributed by atoms with Crippen LogP contribution in [0.3, 0.4) is 0 Å². The standard InChI is InChI=1S/C32H28N2O6S/c1-23-30(33-31(40-23)24-10-4-2-5-11-24)20-21-39-27-18-16-26(17-19-27)34(41(37,38)28-13-6-3-7-14-28)22-25-12-8-9-15-29(25)32(35)36/h2-19H,20-22H2,1H3,(H,35,36). The van der Waals surface area contributed by atoms with E-state index in [4.69, 9.17) is 9.15 Å². The van der Waals surface area contributed by atoms with E-state index in [9.17, 15) is 18.3 Å². The van der Waals surface area contributed by atoms with E-state index in [0.717, 1.165) is 17.0 Å². The molecule has 0 radical (unpaired) electrons. The number of sulfonamides is 1. The highest BCUT2D eigenvalue weighted by atomic mass is 32.2. The first-order chi connectivity index (χ1) is 19.8. The number of carbonyl (C=O) groups is 1. The van der Waals surface area contributed by atoms with Gasteiger partial charge in [-0.2, -0.15) is 0 Å². The summed E-state index contributed by atoms with van der Waals surface area (Å²) in [6.45, 7) is 2.06. The van der Waals surface area contributed by atoms with E-state index in [2.05, 4.69) is 4.98 Å². The summed E-state index contributed by atoms with van der Waals surface area (Å²) in [4.78, 5) is 16.5. The highest BCUT2D eigenvalue weighted by Gasteiger charge is 2.26.